The second kappa shape index (κ2) is 5.43. The van der Waals surface area contributed by atoms with Gasteiger partial charge in [0, 0.05) is 23.5 Å². The number of pyridine rings is 2. The van der Waals surface area contributed by atoms with Gasteiger partial charge in [0.25, 0.3) is 0 Å². The van der Waals surface area contributed by atoms with Gasteiger partial charge in [-0.25, -0.2) is 0 Å². The van der Waals surface area contributed by atoms with E-state index < -0.39 is 0 Å². The Morgan fingerprint density at radius 2 is 1.71 bits per heavy atom. The summed E-state index contributed by atoms with van der Waals surface area (Å²) < 4.78 is 0. The van der Waals surface area contributed by atoms with E-state index in [1.54, 1.807) is 18.3 Å². The highest BCUT2D eigenvalue weighted by molar-refractivity contribution is 5.76. The lowest BCUT2D eigenvalue weighted by atomic mass is 10.1. The summed E-state index contributed by atoms with van der Waals surface area (Å²) in [7, 11) is 0. The molecule has 3 aromatic rings. The molecule has 21 heavy (non-hydrogen) atoms. The van der Waals surface area contributed by atoms with Crippen molar-refractivity contribution in [3.8, 4) is 28.6 Å². The van der Waals surface area contributed by atoms with Gasteiger partial charge in [0.2, 0.25) is 0 Å². The highest BCUT2D eigenvalue weighted by Crippen LogP contribution is 2.27. The average molecular weight is 272 g/mol. The molecule has 0 radical (unpaired) electrons. The minimum absolute atomic E-state index is 0.528. The summed E-state index contributed by atoms with van der Waals surface area (Å²) in [5, 5.41) is 8.78. The Labute approximate surface area is 122 Å². The predicted octanol–water partition coefficient (Wildman–Crippen LogP) is 3.26. The van der Waals surface area contributed by atoms with Crippen LogP contribution in [-0.4, -0.2) is 9.97 Å². The van der Waals surface area contributed by atoms with Crippen molar-refractivity contribution >= 4 is 5.69 Å². The number of nitriles is 1. The fourth-order valence-corrected chi connectivity index (χ4v) is 2.09. The van der Waals surface area contributed by atoms with Gasteiger partial charge in [0.05, 0.1) is 22.6 Å². The van der Waals surface area contributed by atoms with Crippen molar-refractivity contribution in [3.63, 3.8) is 0 Å². The van der Waals surface area contributed by atoms with Crippen molar-refractivity contribution in [1.82, 2.24) is 9.97 Å². The molecule has 0 unspecified atom stereocenters. The Morgan fingerprint density at radius 3 is 2.33 bits per heavy atom. The van der Waals surface area contributed by atoms with E-state index in [-0.39, 0.29) is 0 Å². The first-order valence-corrected chi connectivity index (χ1v) is 6.45. The molecule has 0 bridgehead atoms. The van der Waals surface area contributed by atoms with Crippen LogP contribution in [0.15, 0.2) is 60.9 Å². The summed E-state index contributed by atoms with van der Waals surface area (Å²) in [4.78, 5) is 8.68. The number of hydrogen-bond donors (Lipinski definition) is 1. The van der Waals surface area contributed by atoms with Gasteiger partial charge in [-0.05, 0) is 18.2 Å². The lowest BCUT2D eigenvalue weighted by molar-refractivity contribution is 1.27. The molecule has 0 amide bonds. The zero-order valence-corrected chi connectivity index (χ0v) is 11.2. The quantitative estimate of drug-likeness (QED) is 0.776. The maximum Gasteiger partial charge on any atom is 0.101 e. The first-order chi connectivity index (χ1) is 10.3. The fraction of sp³-hybridized carbons (Fsp3) is 0. The van der Waals surface area contributed by atoms with E-state index in [0.29, 0.717) is 11.3 Å². The third-order valence-electron chi connectivity index (χ3n) is 3.15. The molecule has 0 aliphatic rings. The van der Waals surface area contributed by atoms with Crippen molar-refractivity contribution in [3.05, 3.63) is 66.5 Å². The van der Waals surface area contributed by atoms with Crippen molar-refractivity contribution in [2.45, 2.75) is 0 Å². The van der Waals surface area contributed by atoms with Crippen LogP contribution >= 0.6 is 0 Å². The summed E-state index contributed by atoms with van der Waals surface area (Å²) in [6.45, 7) is 0. The van der Waals surface area contributed by atoms with E-state index in [1.807, 2.05) is 42.5 Å². The van der Waals surface area contributed by atoms with Crippen LogP contribution in [0.2, 0.25) is 0 Å². The van der Waals surface area contributed by atoms with E-state index in [2.05, 4.69) is 9.97 Å². The number of nitrogens with two attached hydrogens (primary N) is 1. The monoisotopic (exact) mass is 272 g/mol. The van der Waals surface area contributed by atoms with E-state index in [1.165, 1.54) is 6.20 Å². The smallest absolute Gasteiger partial charge is 0.101 e. The molecule has 1 aromatic carbocycles. The molecule has 2 aromatic heterocycles. The van der Waals surface area contributed by atoms with E-state index in [4.69, 9.17) is 11.0 Å². The second-order valence-corrected chi connectivity index (χ2v) is 4.57. The van der Waals surface area contributed by atoms with Gasteiger partial charge in [-0.3, -0.25) is 9.97 Å². The first-order valence-electron chi connectivity index (χ1n) is 6.45. The Bertz CT molecular complexity index is 802. The zero-order chi connectivity index (χ0) is 14.7. The number of nitrogen functional groups attached to an aromatic ring is 1. The summed E-state index contributed by atoms with van der Waals surface area (Å²) >= 11 is 0. The fourth-order valence-electron chi connectivity index (χ4n) is 2.09. The number of hydrogen-bond acceptors (Lipinski definition) is 4. The molecule has 0 aliphatic carbocycles. The maximum atomic E-state index is 8.78. The molecule has 0 atom stereocenters. The van der Waals surface area contributed by atoms with Gasteiger partial charge >= 0.3 is 0 Å². The van der Waals surface area contributed by atoms with Crippen LogP contribution in [0, 0.1) is 11.3 Å². The molecule has 2 heterocycles. The van der Waals surface area contributed by atoms with Crippen LogP contribution in [-0.2, 0) is 0 Å². The van der Waals surface area contributed by atoms with Crippen LogP contribution < -0.4 is 5.73 Å². The van der Waals surface area contributed by atoms with Crippen LogP contribution in [0.1, 0.15) is 5.56 Å². The molecule has 100 valence electrons. The van der Waals surface area contributed by atoms with Gasteiger partial charge in [0.15, 0.2) is 0 Å². The highest BCUT2D eigenvalue weighted by Gasteiger charge is 2.07. The van der Waals surface area contributed by atoms with Gasteiger partial charge < -0.3 is 5.73 Å². The van der Waals surface area contributed by atoms with E-state index in [0.717, 1.165) is 22.5 Å². The van der Waals surface area contributed by atoms with E-state index in [9.17, 15) is 0 Å². The van der Waals surface area contributed by atoms with Gasteiger partial charge in [-0.2, -0.15) is 5.26 Å². The molecule has 3 rings (SSSR count). The SMILES string of the molecule is N#Cc1ccc(-c2cnc(-c3ccccc3)c(N)c2)nc1. The minimum Gasteiger partial charge on any atom is -0.397 e. The van der Waals surface area contributed by atoms with Crippen LogP contribution in [0.5, 0.6) is 0 Å². The van der Waals surface area contributed by atoms with Crippen LogP contribution in [0.3, 0.4) is 0 Å². The van der Waals surface area contributed by atoms with Gasteiger partial charge in [0.1, 0.15) is 6.07 Å². The summed E-state index contributed by atoms with van der Waals surface area (Å²) in [5.41, 5.74) is 10.5. The van der Waals surface area contributed by atoms with Crippen molar-refractivity contribution in [2.75, 3.05) is 5.73 Å². The number of aromatic nitrogens is 2. The molecule has 0 saturated heterocycles. The number of rotatable bonds is 2. The van der Waals surface area contributed by atoms with Crippen molar-refractivity contribution < 1.29 is 0 Å². The number of nitrogens with zero attached hydrogens (tertiary/aromatic N) is 3. The molecule has 4 nitrogen and oxygen atoms in total. The lowest BCUT2D eigenvalue weighted by Crippen LogP contribution is -1.95. The number of benzene rings is 1. The molecule has 4 heteroatoms. The van der Waals surface area contributed by atoms with Crippen LogP contribution in [0.4, 0.5) is 5.69 Å². The first kappa shape index (κ1) is 12.8. The predicted molar refractivity (Wildman–Crippen MR) is 82.0 cm³/mol. The standard InChI is InChI=1S/C17H12N4/c18-9-12-6-7-16(20-10-12)14-8-15(19)17(21-11-14)13-4-2-1-3-5-13/h1-8,10-11H,19H2. The number of anilines is 1. The Kier molecular flexibility index (Phi) is 3.32. The molecule has 0 saturated carbocycles. The van der Waals surface area contributed by atoms with Crippen molar-refractivity contribution in [1.29, 1.82) is 5.26 Å². The van der Waals surface area contributed by atoms with Crippen molar-refractivity contribution in [2.24, 2.45) is 0 Å². The lowest BCUT2D eigenvalue weighted by Gasteiger charge is -2.07. The maximum absolute atomic E-state index is 8.78. The Morgan fingerprint density at radius 1 is 0.905 bits per heavy atom. The third-order valence-corrected chi connectivity index (χ3v) is 3.15. The van der Waals surface area contributed by atoms with Gasteiger partial charge in [-0.15, -0.1) is 0 Å². The summed E-state index contributed by atoms with van der Waals surface area (Å²) in [6.07, 6.45) is 3.28. The molecule has 0 aliphatic heterocycles. The van der Waals surface area contributed by atoms with Gasteiger partial charge in [-0.1, -0.05) is 30.3 Å². The molecule has 0 fully saturated rings. The third kappa shape index (κ3) is 2.58. The molecule has 2 N–H and O–H groups in total. The molecule has 0 spiro atoms. The summed E-state index contributed by atoms with van der Waals surface area (Å²) in [5.74, 6) is 0. The molecular formula is C17H12N4. The molecular weight excluding hydrogens is 260 g/mol. The Hall–Kier alpha value is -3.19. The second-order valence-electron chi connectivity index (χ2n) is 4.57. The largest absolute Gasteiger partial charge is 0.397 e. The zero-order valence-electron chi connectivity index (χ0n) is 11.2. The summed E-state index contributed by atoms with van der Waals surface area (Å²) in [6, 6.07) is 17.2. The highest BCUT2D eigenvalue weighted by atomic mass is 14.8. The van der Waals surface area contributed by atoms with E-state index >= 15 is 0 Å². The minimum atomic E-state index is 0.528. The normalized spacial score (nSPS) is 10.0. The topological polar surface area (TPSA) is 75.6 Å². The average Bonchev–Trinajstić information content (AvgIpc) is 2.55. The Balaban J connectivity index is 1.99. The van der Waals surface area contributed by atoms with Crippen LogP contribution in [0.25, 0.3) is 22.5 Å².